The van der Waals surface area contributed by atoms with Crippen LogP contribution >= 0.6 is 0 Å². The molecule has 3 nitrogen and oxygen atoms in total. The summed E-state index contributed by atoms with van der Waals surface area (Å²) in [6.07, 6.45) is 11.8. The Morgan fingerprint density at radius 2 is 2.00 bits per heavy atom. The van der Waals surface area contributed by atoms with Crippen LogP contribution in [-0.2, 0) is 4.74 Å². The van der Waals surface area contributed by atoms with Gasteiger partial charge >= 0.3 is 5.97 Å². The molecule has 1 N–H and O–H groups in total. The van der Waals surface area contributed by atoms with Crippen molar-refractivity contribution in [1.82, 2.24) is 0 Å². The van der Waals surface area contributed by atoms with Gasteiger partial charge in [0.1, 0.15) is 6.10 Å². The maximum absolute atomic E-state index is 10.9. The number of hydrogen-bond donors (Lipinski definition) is 1. The summed E-state index contributed by atoms with van der Waals surface area (Å²) < 4.78 is 5.68. The lowest BCUT2D eigenvalue weighted by Gasteiger charge is -2.19. The average Bonchev–Trinajstić information content (AvgIpc) is 2.56. The van der Waals surface area contributed by atoms with Crippen LogP contribution in [0.3, 0.4) is 0 Å². The summed E-state index contributed by atoms with van der Waals surface area (Å²) in [7, 11) is 0. The molecule has 0 saturated carbocycles. The fourth-order valence-electron chi connectivity index (χ4n) is 2.21. The van der Waals surface area contributed by atoms with Crippen molar-refractivity contribution in [3.8, 4) is 0 Å². The van der Waals surface area contributed by atoms with E-state index < -0.39 is 5.97 Å². The van der Waals surface area contributed by atoms with E-state index in [9.17, 15) is 4.79 Å². The average molecular weight is 240 g/mol. The first-order valence-electron chi connectivity index (χ1n) is 5.80. The van der Waals surface area contributed by atoms with Gasteiger partial charge in [-0.1, -0.05) is 30.4 Å². The Morgan fingerprint density at radius 3 is 2.83 bits per heavy atom. The third-order valence-corrected chi connectivity index (χ3v) is 3.18. The monoisotopic (exact) mass is 240 g/mol. The molecule has 1 aromatic rings. The van der Waals surface area contributed by atoms with Gasteiger partial charge in [0.05, 0.1) is 11.8 Å². The number of carbonyl (C=O) groups is 1. The van der Waals surface area contributed by atoms with Crippen molar-refractivity contribution >= 4 is 18.3 Å². The lowest BCUT2D eigenvalue weighted by atomic mass is 9.96. The molecule has 2 atom stereocenters. The van der Waals surface area contributed by atoms with E-state index in [0.29, 0.717) is 0 Å². The Morgan fingerprint density at radius 1 is 1.17 bits per heavy atom. The second kappa shape index (κ2) is 4.18. The number of benzene rings is 1. The maximum Gasteiger partial charge on any atom is 0.335 e. The zero-order valence-electron chi connectivity index (χ0n) is 9.61. The molecule has 1 heterocycles. The smallest absolute Gasteiger partial charge is 0.335 e. The summed E-state index contributed by atoms with van der Waals surface area (Å²) in [5.74, 6) is -0.726. The highest BCUT2D eigenvalue weighted by Crippen LogP contribution is 2.18. The van der Waals surface area contributed by atoms with Gasteiger partial charge in [0.15, 0.2) is 0 Å². The summed E-state index contributed by atoms with van der Waals surface area (Å²) in [5.41, 5.74) is 0.276. The van der Waals surface area contributed by atoms with Crippen LogP contribution in [0.25, 0.3) is 12.3 Å². The largest absolute Gasteiger partial charge is 0.492 e. The van der Waals surface area contributed by atoms with Crippen molar-refractivity contribution in [2.45, 2.75) is 6.10 Å². The fraction of sp³-hybridized carbons (Fsp3) is 0.133. The van der Waals surface area contributed by atoms with E-state index in [2.05, 4.69) is 12.2 Å². The molecule has 1 aromatic carbocycles. The van der Waals surface area contributed by atoms with Gasteiger partial charge in [0, 0.05) is 11.1 Å². The number of allylic oxidation sites excluding steroid dienone is 2. The van der Waals surface area contributed by atoms with Gasteiger partial charge in [-0.15, -0.1) is 0 Å². The molecule has 18 heavy (non-hydrogen) atoms. The molecule has 0 spiro atoms. The van der Waals surface area contributed by atoms with E-state index in [1.807, 2.05) is 24.3 Å². The van der Waals surface area contributed by atoms with Crippen LogP contribution in [0.15, 0.2) is 42.5 Å². The Bertz CT molecular complexity index is 667. The van der Waals surface area contributed by atoms with Crippen molar-refractivity contribution in [3.63, 3.8) is 0 Å². The predicted molar refractivity (Wildman–Crippen MR) is 68.2 cm³/mol. The Kier molecular flexibility index (Phi) is 2.52. The van der Waals surface area contributed by atoms with Gasteiger partial charge in [-0.05, 0) is 23.4 Å². The van der Waals surface area contributed by atoms with E-state index in [4.69, 9.17) is 9.84 Å². The van der Waals surface area contributed by atoms with Crippen LogP contribution in [0, 0.1) is 5.92 Å². The number of carboxylic acid groups (broad SMARTS) is 1. The minimum absolute atomic E-state index is 0.00400. The summed E-state index contributed by atoms with van der Waals surface area (Å²) in [4.78, 5) is 10.9. The molecule has 0 fully saturated rings. The molecule has 1 aliphatic carbocycles. The lowest BCUT2D eigenvalue weighted by Crippen LogP contribution is -2.25. The molecule has 0 radical (unpaired) electrons. The molecule has 2 unspecified atom stereocenters. The lowest BCUT2D eigenvalue weighted by molar-refractivity contribution is 0.0697. The molecule has 1 aliphatic heterocycles. The van der Waals surface area contributed by atoms with Crippen molar-refractivity contribution in [2.24, 2.45) is 5.92 Å². The number of hydrogen-bond acceptors (Lipinski definition) is 2. The van der Waals surface area contributed by atoms with Gasteiger partial charge in [-0.2, -0.15) is 0 Å². The van der Waals surface area contributed by atoms with Crippen LogP contribution in [0.5, 0.6) is 0 Å². The molecular formula is C15H12O3. The second-order valence-electron chi connectivity index (χ2n) is 4.38. The Labute approximate surface area is 104 Å². The van der Waals surface area contributed by atoms with E-state index in [1.54, 1.807) is 18.4 Å². The SMILES string of the molecule is O=C(O)c1ccc2c(c1)=COC1C=CC=CC1C=2. The minimum Gasteiger partial charge on any atom is -0.492 e. The van der Waals surface area contributed by atoms with Crippen LogP contribution in [0.2, 0.25) is 0 Å². The first-order valence-corrected chi connectivity index (χ1v) is 5.80. The molecule has 0 amide bonds. The van der Waals surface area contributed by atoms with Crippen LogP contribution in [0.1, 0.15) is 10.4 Å². The number of rotatable bonds is 1. The van der Waals surface area contributed by atoms with Gasteiger partial charge in [0.2, 0.25) is 0 Å². The third-order valence-electron chi connectivity index (χ3n) is 3.18. The van der Waals surface area contributed by atoms with Gasteiger partial charge in [-0.25, -0.2) is 4.79 Å². The number of fused-ring (bicyclic) bond motifs is 2. The van der Waals surface area contributed by atoms with Crippen LogP contribution in [-0.4, -0.2) is 17.2 Å². The number of ether oxygens (including phenoxy) is 1. The molecule has 0 aromatic heterocycles. The van der Waals surface area contributed by atoms with Crippen molar-refractivity contribution in [1.29, 1.82) is 0 Å². The van der Waals surface area contributed by atoms with E-state index in [1.165, 1.54) is 0 Å². The Hall–Kier alpha value is -2.29. The van der Waals surface area contributed by atoms with E-state index >= 15 is 0 Å². The van der Waals surface area contributed by atoms with E-state index in [-0.39, 0.29) is 17.6 Å². The number of carboxylic acids is 1. The van der Waals surface area contributed by atoms with E-state index in [0.717, 1.165) is 10.4 Å². The highest BCUT2D eigenvalue weighted by molar-refractivity contribution is 5.87. The quantitative estimate of drug-likeness (QED) is 0.798. The molecular weight excluding hydrogens is 228 g/mol. The summed E-state index contributed by atoms with van der Waals surface area (Å²) in [6.45, 7) is 0. The highest BCUT2D eigenvalue weighted by atomic mass is 16.5. The molecule has 3 rings (SSSR count). The molecule has 3 heteroatoms. The number of aromatic carboxylic acids is 1. The molecule has 90 valence electrons. The van der Waals surface area contributed by atoms with Gasteiger partial charge in [-0.3, -0.25) is 0 Å². The van der Waals surface area contributed by atoms with Crippen molar-refractivity contribution in [2.75, 3.05) is 0 Å². The normalized spacial score (nSPS) is 23.8. The van der Waals surface area contributed by atoms with Gasteiger partial charge in [0.25, 0.3) is 0 Å². The van der Waals surface area contributed by atoms with Gasteiger partial charge < -0.3 is 9.84 Å². The summed E-state index contributed by atoms with van der Waals surface area (Å²) in [6, 6.07) is 5.08. The zero-order valence-corrected chi connectivity index (χ0v) is 9.61. The van der Waals surface area contributed by atoms with Crippen molar-refractivity contribution in [3.05, 3.63) is 58.5 Å². The highest BCUT2D eigenvalue weighted by Gasteiger charge is 2.18. The Balaban J connectivity index is 2.15. The first-order chi connectivity index (χ1) is 8.74. The topological polar surface area (TPSA) is 46.5 Å². The summed E-state index contributed by atoms with van der Waals surface area (Å²) in [5, 5.41) is 10.8. The standard InChI is InChI=1S/C15H12O3/c16-15(17)12-6-5-10-7-11-3-1-2-4-14(11)18-9-13(10)8-12/h1-9,11,14H,(H,16,17). The predicted octanol–water partition coefficient (Wildman–Crippen LogP) is 1.04. The zero-order chi connectivity index (χ0) is 12.5. The van der Waals surface area contributed by atoms with Crippen LogP contribution in [0.4, 0.5) is 0 Å². The second-order valence-corrected chi connectivity index (χ2v) is 4.38. The minimum atomic E-state index is -0.923. The molecule has 0 saturated heterocycles. The fourth-order valence-corrected chi connectivity index (χ4v) is 2.21. The third kappa shape index (κ3) is 1.84. The first kappa shape index (κ1) is 10.8. The maximum atomic E-state index is 10.9. The van der Waals surface area contributed by atoms with Crippen LogP contribution < -0.4 is 10.4 Å². The molecule has 2 aliphatic rings. The summed E-state index contributed by atoms with van der Waals surface area (Å²) >= 11 is 0. The molecule has 0 bridgehead atoms. The van der Waals surface area contributed by atoms with Crippen molar-refractivity contribution < 1.29 is 14.6 Å².